The molecule has 0 bridgehead atoms. The van der Waals surface area contributed by atoms with Gasteiger partial charge in [-0.2, -0.15) is 5.10 Å². The first kappa shape index (κ1) is 11.8. The third kappa shape index (κ3) is 2.05. The van der Waals surface area contributed by atoms with Crippen LogP contribution in [0.2, 0.25) is 0 Å². The molecule has 0 atom stereocenters. The molecule has 1 heterocycles. The molecule has 1 aromatic carbocycles. The minimum Gasteiger partial charge on any atom is -0.354 e. The summed E-state index contributed by atoms with van der Waals surface area (Å²) in [7, 11) is 1.49. The van der Waals surface area contributed by atoms with E-state index in [-0.39, 0.29) is 17.3 Å². The van der Waals surface area contributed by atoms with Gasteiger partial charge in [0.15, 0.2) is 5.69 Å². The molecule has 0 fully saturated rings. The number of nitro groups is 1. The van der Waals surface area contributed by atoms with Gasteiger partial charge in [-0.1, -0.05) is 12.1 Å². The van der Waals surface area contributed by atoms with Crippen molar-refractivity contribution in [1.82, 2.24) is 15.1 Å². The van der Waals surface area contributed by atoms with Gasteiger partial charge in [-0.05, 0) is 12.1 Å². The lowest BCUT2D eigenvalue weighted by molar-refractivity contribution is -0.384. The van der Waals surface area contributed by atoms with E-state index >= 15 is 0 Å². The Kier molecular flexibility index (Phi) is 3.05. The molecule has 0 aliphatic rings. The van der Waals surface area contributed by atoms with Crippen molar-refractivity contribution in [3.63, 3.8) is 0 Å². The molecule has 0 aliphatic heterocycles. The van der Waals surface area contributed by atoms with Gasteiger partial charge in [0.05, 0.1) is 4.92 Å². The van der Waals surface area contributed by atoms with Crippen LogP contribution in [0.3, 0.4) is 0 Å². The summed E-state index contributed by atoms with van der Waals surface area (Å²) < 4.78 is 1.31. The first-order chi connectivity index (χ1) is 8.63. The van der Waals surface area contributed by atoms with Crippen molar-refractivity contribution in [1.29, 1.82) is 0 Å². The Morgan fingerprint density at radius 2 is 2.11 bits per heavy atom. The summed E-state index contributed by atoms with van der Waals surface area (Å²) >= 11 is 0. The SMILES string of the molecule is CNC(=O)c1ccn(-c2ccccc2[N+](=O)[O-])n1. The Balaban J connectivity index is 2.46. The molecule has 92 valence electrons. The summed E-state index contributed by atoms with van der Waals surface area (Å²) in [4.78, 5) is 21.7. The summed E-state index contributed by atoms with van der Waals surface area (Å²) in [6, 6.07) is 7.69. The standard InChI is InChI=1S/C11H10N4O3/c1-12-11(16)8-6-7-14(13-8)9-4-2-3-5-10(9)15(17)18/h2-7H,1H3,(H,12,16). The third-order valence-corrected chi connectivity index (χ3v) is 2.37. The van der Waals surface area contributed by atoms with Crippen LogP contribution in [0.5, 0.6) is 0 Å². The van der Waals surface area contributed by atoms with Crippen LogP contribution >= 0.6 is 0 Å². The number of para-hydroxylation sites is 2. The Morgan fingerprint density at radius 1 is 1.39 bits per heavy atom. The van der Waals surface area contributed by atoms with Crippen molar-refractivity contribution < 1.29 is 9.72 Å². The molecule has 18 heavy (non-hydrogen) atoms. The van der Waals surface area contributed by atoms with Crippen molar-refractivity contribution in [3.05, 3.63) is 52.3 Å². The Bertz CT molecular complexity index is 606. The van der Waals surface area contributed by atoms with Gasteiger partial charge in [-0.3, -0.25) is 14.9 Å². The van der Waals surface area contributed by atoms with Gasteiger partial charge in [0.1, 0.15) is 5.69 Å². The number of hydrogen-bond acceptors (Lipinski definition) is 4. The molecule has 2 aromatic rings. The van der Waals surface area contributed by atoms with Crippen molar-refractivity contribution in [2.45, 2.75) is 0 Å². The van der Waals surface area contributed by atoms with E-state index in [2.05, 4.69) is 10.4 Å². The molecule has 0 aliphatic carbocycles. The van der Waals surface area contributed by atoms with Crippen LogP contribution in [0.25, 0.3) is 5.69 Å². The van der Waals surface area contributed by atoms with Crippen LogP contribution < -0.4 is 5.32 Å². The summed E-state index contributed by atoms with van der Waals surface area (Å²) in [5.74, 6) is -0.340. The Morgan fingerprint density at radius 3 is 2.78 bits per heavy atom. The molecular formula is C11H10N4O3. The normalized spacial score (nSPS) is 10.1. The molecule has 0 saturated carbocycles. The van der Waals surface area contributed by atoms with Crippen molar-refractivity contribution in [2.24, 2.45) is 0 Å². The minimum absolute atomic E-state index is 0.0657. The van der Waals surface area contributed by atoms with E-state index in [0.29, 0.717) is 5.69 Å². The molecule has 1 aromatic heterocycles. The fourth-order valence-corrected chi connectivity index (χ4v) is 1.52. The number of rotatable bonds is 3. The summed E-state index contributed by atoms with van der Waals surface area (Å²) in [6.45, 7) is 0. The van der Waals surface area contributed by atoms with Crippen molar-refractivity contribution >= 4 is 11.6 Å². The second-order valence-corrected chi connectivity index (χ2v) is 3.47. The molecule has 7 heteroatoms. The molecule has 1 amide bonds. The van der Waals surface area contributed by atoms with Crippen LogP contribution in [-0.2, 0) is 0 Å². The third-order valence-electron chi connectivity index (χ3n) is 2.37. The maximum absolute atomic E-state index is 11.4. The second-order valence-electron chi connectivity index (χ2n) is 3.47. The number of hydrogen-bond donors (Lipinski definition) is 1. The van der Waals surface area contributed by atoms with E-state index < -0.39 is 4.92 Å². The molecular weight excluding hydrogens is 236 g/mol. The number of nitrogens with zero attached hydrogens (tertiary/aromatic N) is 3. The van der Waals surface area contributed by atoms with Crippen LogP contribution in [0.4, 0.5) is 5.69 Å². The van der Waals surface area contributed by atoms with Crippen LogP contribution in [0.1, 0.15) is 10.5 Å². The maximum atomic E-state index is 11.4. The van der Waals surface area contributed by atoms with Gasteiger partial charge in [-0.25, -0.2) is 4.68 Å². The lowest BCUT2D eigenvalue weighted by Crippen LogP contribution is -2.18. The van der Waals surface area contributed by atoms with Crippen LogP contribution in [0, 0.1) is 10.1 Å². The van der Waals surface area contributed by atoms with E-state index in [4.69, 9.17) is 0 Å². The highest BCUT2D eigenvalue weighted by molar-refractivity contribution is 5.91. The average molecular weight is 246 g/mol. The number of carbonyl (C=O) groups excluding carboxylic acids is 1. The van der Waals surface area contributed by atoms with Crippen molar-refractivity contribution in [2.75, 3.05) is 7.05 Å². The van der Waals surface area contributed by atoms with E-state index in [1.165, 1.54) is 30.1 Å². The zero-order chi connectivity index (χ0) is 13.1. The zero-order valence-corrected chi connectivity index (χ0v) is 9.53. The highest BCUT2D eigenvalue weighted by atomic mass is 16.6. The Hall–Kier alpha value is -2.70. The average Bonchev–Trinajstić information content (AvgIpc) is 2.87. The van der Waals surface area contributed by atoms with E-state index in [0.717, 1.165) is 0 Å². The van der Waals surface area contributed by atoms with E-state index in [1.54, 1.807) is 18.2 Å². The number of amides is 1. The van der Waals surface area contributed by atoms with E-state index in [9.17, 15) is 14.9 Å². The van der Waals surface area contributed by atoms with Gasteiger partial charge >= 0.3 is 0 Å². The summed E-state index contributed by atoms with van der Waals surface area (Å²) in [6.07, 6.45) is 1.51. The maximum Gasteiger partial charge on any atom is 0.294 e. The van der Waals surface area contributed by atoms with Gasteiger partial charge < -0.3 is 5.32 Å². The number of aromatic nitrogens is 2. The highest BCUT2D eigenvalue weighted by Gasteiger charge is 2.16. The molecule has 0 radical (unpaired) electrons. The minimum atomic E-state index is -0.490. The second kappa shape index (κ2) is 4.66. The van der Waals surface area contributed by atoms with Gasteiger partial charge in [0.2, 0.25) is 0 Å². The number of carbonyl (C=O) groups is 1. The first-order valence-electron chi connectivity index (χ1n) is 5.15. The van der Waals surface area contributed by atoms with Crippen LogP contribution in [0.15, 0.2) is 36.5 Å². The topological polar surface area (TPSA) is 90.1 Å². The smallest absolute Gasteiger partial charge is 0.294 e. The summed E-state index contributed by atoms with van der Waals surface area (Å²) in [5, 5.41) is 17.3. The van der Waals surface area contributed by atoms with Gasteiger partial charge in [-0.15, -0.1) is 0 Å². The van der Waals surface area contributed by atoms with Crippen molar-refractivity contribution in [3.8, 4) is 5.69 Å². The lowest BCUT2D eigenvalue weighted by atomic mass is 10.3. The van der Waals surface area contributed by atoms with Gasteiger partial charge in [0, 0.05) is 19.3 Å². The fraction of sp³-hybridized carbons (Fsp3) is 0.0909. The highest BCUT2D eigenvalue weighted by Crippen LogP contribution is 2.21. The quantitative estimate of drug-likeness (QED) is 0.649. The molecule has 0 saturated heterocycles. The predicted molar refractivity (Wildman–Crippen MR) is 63.6 cm³/mol. The fourth-order valence-electron chi connectivity index (χ4n) is 1.52. The largest absolute Gasteiger partial charge is 0.354 e. The molecule has 1 N–H and O–H groups in total. The van der Waals surface area contributed by atoms with Crippen LogP contribution in [-0.4, -0.2) is 27.7 Å². The number of nitro benzene ring substituents is 1. The summed E-state index contributed by atoms with van der Waals surface area (Å²) in [5.41, 5.74) is 0.456. The molecule has 2 rings (SSSR count). The molecule has 0 spiro atoms. The Labute approximate surface area is 102 Å². The monoisotopic (exact) mass is 246 g/mol. The lowest BCUT2D eigenvalue weighted by Gasteiger charge is -2.01. The molecule has 7 nitrogen and oxygen atoms in total. The number of nitrogens with one attached hydrogen (secondary N) is 1. The molecule has 0 unspecified atom stereocenters. The predicted octanol–water partition coefficient (Wildman–Crippen LogP) is 1.14. The van der Waals surface area contributed by atoms with E-state index in [1.807, 2.05) is 0 Å². The first-order valence-corrected chi connectivity index (χ1v) is 5.15. The zero-order valence-electron chi connectivity index (χ0n) is 9.53. The number of benzene rings is 1. The van der Waals surface area contributed by atoms with Gasteiger partial charge in [0.25, 0.3) is 11.6 Å².